The maximum Gasteiger partial charge on any atom is 0.349 e. The van der Waals surface area contributed by atoms with E-state index in [2.05, 4.69) is 10.3 Å². The maximum absolute atomic E-state index is 12.2. The summed E-state index contributed by atoms with van der Waals surface area (Å²) in [6, 6.07) is 6.73. The zero-order valence-corrected chi connectivity index (χ0v) is 14.0. The van der Waals surface area contributed by atoms with Crippen molar-refractivity contribution < 1.29 is 19.0 Å². The Kier molecular flexibility index (Phi) is 4.76. The van der Waals surface area contributed by atoms with Gasteiger partial charge in [0.15, 0.2) is 0 Å². The van der Waals surface area contributed by atoms with Gasteiger partial charge in [0.1, 0.15) is 17.5 Å². The molecule has 0 spiro atoms. The average molecular weight is 349 g/mol. The van der Waals surface area contributed by atoms with E-state index in [0.717, 1.165) is 11.3 Å². The Labute approximate surface area is 144 Å². The van der Waals surface area contributed by atoms with Gasteiger partial charge in [-0.15, -0.1) is 0 Å². The van der Waals surface area contributed by atoms with E-state index < -0.39 is 18.1 Å². The molecule has 2 heterocycles. The molecule has 2 unspecified atom stereocenters. The first kappa shape index (κ1) is 16.4. The first-order valence-corrected chi connectivity index (χ1v) is 7.89. The minimum Gasteiger partial charge on any atom is -0.495 e. The van der Waals surface area contributed by atoms with Gasteiger partial charge in [-0.3, -0.25) is 4.98 Å². The summed E-state index contributed by atoms with van der Waals surface area (Å²) in [6.45, 7) is 2.04. The van der Waals surface area contributed by atoms with Gasteiger partial charge in [-0.1, -0.05) is 11.6 Å². The summed E-state index contributed by atoms with van der Waals surface area (Å²) in [5.74, 6) is 0.685. The van der Waals surface area contributed by atoms with Crippen LogP contribution in [0.5, 0.6) is 11.5 Å². The number of hydrogen-bond donors (Lipinski definition) is 1. The Morgan fingerprint density at radius 3 is 3.00 bits per heavy atom. The quantitative estimate of drug-likeness (QED) is 0.837. The number of fused-ring (bicyclic) bond motifs is 1. The molecule has 2 aromatic rings. The molecule has 0 bridgehead atoms. The third-order valence-corrected chi connectivity index (χ3v) is 4.01. The highest BCUT2D eigenvalue weighted by Crippen LogP contribution is 2.39. The largest absolute Gasteiger partial charge is 0.495 e. The van der Waals surface area contributed by atoms with Crippen molar-refractivity contribution in [1.82, 2.24) is 4.98 Å². The van der Waals surface area contributed by atoms with Gasteiger partial charge in [0, 0.05) is 23.5 Å². The normalized spacial score (nSPS) is 18.5. The van der Waals surface area contributed by atoms with Gasteiger partial charge in [0.25, 0.3) is 0 Å². The van der Waals surface area contributed by atoms with Crippen LogP contribution in [0.25, 0.3) is 0 Å². The number of ether oxygens (including phenoxy) is 3. The van der Waals surface area contributed by atoms with Crippen LogP contribution in [0.3, 0.4) is 0 Å². The van der Waals surface area contributed by atoms with Crippen molar-refractivity contribution in [2.75, 3.05) is 19.0 Å². The smallest absolute Gasteiger partial charge is 0.349 e. The number of carbonyl (C=O) groups is 1. The van der Waals surface area contributed by atoms with Gasteiger partial charge in [-0.05, 0) is 25.1 Å². The number of carbonyl (C=O) groups excluding carboxylic acids is 1. The van der Waals surface area contributed by atoms with Crippen LogP contribution in [0, 0.1) is 0 Å². The number of nitrogens with zero attached hydrogens (tertiary/aromatic N) is 1. The first-order valence-electron chi connectivity index (χ1n) is 7.51. The molecule has 7 heteroatoms. The van der Waals surface area contributed by atoms with Crippen LogP contribution in [0.2, 0.25) is 5.02 Å². The van der Waals surface area contributed by atoms with Gasteiger partial charge >= 0.3 is 5.97 Å². The van der Waals surface area contributed by atoms with E-state index in [1.165, 1.54) is 0 Å². The van der Waals surface area contributed by atoms with E-state index >= 15 is 0 Å². The number of aromatic nitrogens is 1. The molecule has 0 fully saturated rings. The number of nitrogens with one attached hydrogen (secondary N) is 1. The van der Waals surface area contributed by atoms with Gasteiger partial charge < -0.3 is 19.5 Å². The number of methoxy groups -OCH3 is 1. The number of hydrogen-bond acceptors (Lipinski definition) is 6. The van der Waals surface area contributed by atoms with E-state index in [1.54, 1.807) is 38.6 Å². The standard InChI is InChI=1S/C17H17ClN2O4/c1-3-23-17(21)16-15(11-6-7-19-9-14(11)24-16)20-10-4-5-12(18)13(8-10)22-2/h4-9,15-16,20H,3H2,1-2H3. The van der Waals surface area contributed by atoms with Crippen LogP contribution in [-0.2, 0) is 9.53 Å². The number of halogens is 1. The SMILES string of the molecule is CCOC(=O)C1Oc2cnccc2C1Nc1ccc(Cl)c(OC)c1. The predicted molar refractivity (Wildman–Crippen MR) is 89.7 cm³/mol. The fourth-order valence-electron chi connectivity index (χ4n) is 2.61. The highest BCUT2D eigenvalue weighted by Gasteiger charge is 2.40. The summed E-state index contributed by atoms with van der Waals surface area (Å²) in [6.07, 6.45) is 2.46. The summed E-state index contributed by atoms with van der Waals surface area (Å²) in [4.78, 5) is 16.3. The zero-order valence-electron chi connectivity index (χ0n) is 13.3. The second kappa shape index (κ2) is 6.97. The Bertz CT molecular complexity index is 753. The third kappa shape index (κ3) is 3.10. The molecule has 0 amide bonds. The van der Waals surface area contributed by atoms with Crippen molar-refractivity contribution in [2.45, 2.75) is 19.1 Å². The molecule has 0 aliphatic carbocycles. The Morgan fingerprint density at radius 2 is 2.25 bits per heavy atom. The summed E-state index contributed by atoms with van der Waals surface area (Å²) >= 11 is 6.05. The number of benzene rings is 1. The van der Waals surface area contributed by atoms with Crippen LogP contribution in [0.4, 0.5) is 5.69 Å². The fraction of sp³-hybridized carbons (Fsp3) is 0.294. The van der Waals surface area contributed by atoms with Gasteiger partial charge in [0.2, 0.25) is 6.10 Å². The lowest BCUT2D eigenvalue weighted by Crippen LogP contribution is -2.34. The second-order valence-electron chi connectivity index (χ2n) is 5.18. The molecule has 1 N–H and O–H groups in total. The predicted octanol–water partition coefficient (Wildman–Crippen LogP) is 3.22. The highest BCUT2D eigenvalue weighted by molar-refractivity contribution is 6.32. The Hall–Kier alpha value is -2.47. The minimum atomic E-state index is -0.786. The van der Waals surface area contributed by atoms with Crippen molar-refractivity contribution in [1.29, 1.82) is 0 Å². The van der Waals surface area contributed by atoms with Crippen LogP contribution in [0.1, 0.15) is 18.5 Å². The van der Waals surface area contributed by atoms with Crippen LogP contribution in [0.15, 0.2) is 36.7 Å². The molecule has 1 aliphatic rings. The lowest BCUT2D eigenvalue weighted by molar-refractivity contribution is -0.151. The molecule has 2 atom stereocenters. The Morgan fingerprint density at radius 1 is 1.42 bits per heavy atom. The van der Waals surface area contributed by atoms with Crippen LogP contribution < -0.4 is 14.8 Å². The molecule has 0 saturated carbocycles. The summed E-state index contributed by atoms with van der Waals surface area (Å²) in [5, 5.41) is 3.81. The van der Waals surface area contributed by atoms with Crippen LogP contribution >= 0.6 is 11.6 Å². The van der Waals surface area contributed by atoms with Gasteiger partial charge in [0.05, 0.1) is 24.9 Å². The van der Waals surface area contributed by atoms with Crippen molar-refractivity contribution in [3.8, 4) is 11.5 Å². The molecule has 1 aliphatic heterocycles. The number of anilines is 1. The molecule has 3 rings (SSSR count). The first-order chi connectivity index (χ1) is 11.6. The van der Waals surface area contributed by atoms with E-state index in [-0.39, 0.29) is 6.61 Å². The molecule has 24 heavy (non-hydrogen) atoms. The molecule has 0 radical (unpaired) electrons. The van der Waals surface area contributed by atoms with E-state index in [1.807, 2.05) is 12.1 Å². The summed E-state index contributed by atoms with van der Waals surface area (Å²) < 4.78 is 16.1. The van der Waals surface area contributed by atoms with E-state index in [4.69, 9.17) is 25.8 Å². The highest BCUT2D eigenvalue weighted by atomic mass is 35.5. The van der Waals surface area contributed by atoms with Crippen LogP contribution in [-0.4, -0.2) is 30.8 Å². The monoisotopic (exact) mass is 348 g/mol. The summed E-state index contributed by atoms with van der Waals surface area (Å²) in [7, 11) is 1.55. The molecule has 0 saturated heterocycles. The number of esters is 1. The molecular formula is C17H17ClN2O4. The molecule has 6 nitrogen and oxygen atoms in total. The molecular weight excluding hydrogens is 332 g/mol. The van der Waals surface area contributed by atoms with E-state index in [0.29, 0.717) is 16.5 Å². The van der Waals surface area contributed by atoms with Gasteiger partial charge in [-0.25, -0.2) is 4.79 Å². The van der Waals surface area contributed by atoms with Gasteiger partial charge in [-0.2, -0.15) is 0 Å². The summed E-state index contributed by atoms with van der Waals surface area (Å²) in [5.41, 5.74) is 1.60. The second-order valence-corrected chi connectivity index (χ2v) is 5.58. The zero-order chi connectivity index (χ0) is 17.1. The maximum atomic E-state index is 12.2. The van der Waals surface area contributed by atoms with E-state index in [9.17, 15) is 4.79 Å². The average Bonchev–Trinajstić information content (AvgIpc) is 2.95. The minimum absolute atomic E-state index is 0.286. The van der Waals surface area contributed by atoms with Crippen molar-refractivity contribution in [2.24, 2.45) is 0 Å². The number of rotatable bonds is 5. The fourth-order valence-corrected chi connectivity index (χ4v) is 2.80. The molecule has 1 aromatic carbocycles. The van der Waals surface area contributed by atoms with Crippen molar-refractivity contribution in [3.05, 3.63) is 47.2 Å². The third-order valence-electron chi connectivity index (χ3n) is 3.70. The molecule has 1 aromatic heterocycles. The lowest BCUT2D eigenvalue weighted by atomic mass is 10.0. The Balaban J connectivity index is 1.91. The van der Waals surface area contributed by atoms with Crippen molar-refractivity contribution >= 4 is 23.3 Å². The topological polar surface area (TPSA) is 69.7 Å². The number of pyridine rings is 1. The van der Waals surface area contributed by atoms with Crippen molar-refractivity contribution in [3.63, 3.8) is 0 Å². The lowest BCUT2D eigenvalue weighted by Gasteiger charge is -2.20. The molecule has 126 valence electrons.